The number of aryl methyl sites for hydroxylation is 1. The number of hydrogen-bond acceptors (Lipinski definition) is 4. The third kappa shape index (κ3) is 4.35. The molecule has 1 rings (SSSR count). The summed E-state index contributed by atoms with van der Waals surface area (Å²) in [5.74, 6) is 1.83. The van der Waals surface area contributed by atoms with Gasteiger partial charge in [-0.1, -0.05) is 0 Å². The highest BCUT2D eigenvalue weighted by atomic mass is 16.5. The van der Waals surface area contributed by atoms with Crippen molar-refractivity contribution in [1.82, 2.24) is 5.32 Å². The molecule has 92 valence electrons. The van der Waals surface area contributed by atoms with E-state index < -0.39 is 0 Å². The Bertz CT molecular complexity index is 296. The normalized spacial score (nSPS) is 10.9. The van der Waals surface area contributed by atoms with Gasteiger partial charge in [0.1, 0.15) is 18.1 Å². The standard InChI is InChI=1S/C12H21NO3/c1-4-14-5-6-15-9-12-7-11(8-13-3)10(2)16-12/h7,13H,4-6,8-9H2,1-3H3. The van der Waals surface area contributed by atoms with E-state index in [1.165, 1.54) is 5.56 Å². The second kappa shape index (κ2) is 7.44. The molecule has 0 aromatic carbocycles. The molecule has 0 bridgehead atoms. The topological polar surface area (TPSA) is 43.6 Å². The van der Waals surface area contributed by atoms with Crippen LogP contribution in [0.2, 0.25) is 0 Å². The number of furan rings is 1. The third-order valence-corrected chi connectivity index (χ3v) is 2.26. The zero-order valence-electron chi connectivity index (χ0n) is 10.3. The quantitative estimate of drug-likeness (QED) is 0.688. The lowest BCUT2D eigenvalue weighted by Gasteiger charge is -2.01. The Labute approximate surface area is 96.9 Å². The van der Waals surface area contributed by atoms with Gasteiger partial charge in [-0.15, -0.1) is 0 Å². The summed E-state index contributed by atoms with van der Waals surface area (Å²) in [6.45, 7) is 7.26. The summed E-state index contributed by atoms with van der Waals surface area (Å²) in [5, 5.41) is 3.10. The molecule has 0 aliphatic heterocycles. The highest BCUT2D eigenvalue weighted by Gasteiger charge is 2.06. The van der Waals surface area contributed by atoms with Gasteiger partial charge < -0.3 is 19.2 Å². The summed E-state index contributed by atoms with van der Waals surface area (Å²) in [5.41, 5.74) is 1.19. The second-order valence-corrected chi connectivity index (χ2v) is 3.57. The van der Waals surface area contributed by atoms with Crippen LogP contribution in [0.4, 0.5) is 0 Å². The van der Waals surface area contributed by atoms with E-state index in [4.69, 9.17) is 13.9 Å². The van der Waals surface area contributed by atoms with Crippen molar-refractivity contribution in [2.75, 3.05) is 26.9 Å². The van der Waals surface area contributed by atoms with Crippen molar-refractivity contribution in [3.63, 3.8) is 0 Å². The summed E-state index contributed by atoms with van der Waals surface area (Å²) in [6.07, 6.45) is 0. The van der Waals surface area contributed by atoms with Crippen LogP contribution in [0.5, 0.6) is 0 Å². The van der Waals surface area contributed by atoms with Crippen molar-refractivity contribution in [2.45, 2.75) is 27.0 Å². The van der Waals surface area contributed by atoms with Crippen molar-refractivity contribution in [3.8, 4) is 0 Å². The highest BCUT2D eigenvalue weighted by molar-refractivity contribution is 5.20. The summed E-state index contributed by atoms with van der Waals surface area (Å²) >= 11 is 0. The monoisotopic (exact) mass is 227 g/mol. The van der Waals surface area contributed by atoms with E-state index in [0.29, 0.717) is 19.8 Å². The minimum absolute atomic E-state index is 0.512. The molecule has 0 amide bonds. The lowest BCUT2D eigenvalue weighted by Crippen LogP contribution is -2.05. The lowest BCUT2D eigenvalue weighted by atomic mass is 10.2. The fraction of sp³-hybridized carbons (Fsp3) is 0.667. The number of ether oxygens (including phenoxy) is 2. The molecule has 1 heterocycles. The molecule has 0 unspecified atom stereocenters. The molecule has 0 atom stereocenters. The Balaban J connectivity index is 2.28. The fourth-order valence-electron chi connectivity index (χ4n) is 1.46. The SMILES string of the molecule is CCOCCOCc1cc(CNC)c(C)o1. The van der Waals surface area contributed by atoms with Crippen LogP contribution in [0.1, 0.15) is 24.0 Å². The van der Waals surface area contributed by atoms with E-state index in [0.717, 1.165) is 24.7 Å². The number of hydrogen-bond donors (Lipinski definition) is 1. The zero-order chi connectivity index (χ0) is 11.8. The van der Waals surface area contributed by atoms with Gasteiger partial charge in [-0.3, -0.25) is 0 Å². The number of nitrogens with one attached hydrogen (secondary N) is 1. The minimum Gasteiger partial charge on any atom is -0.464 e. The molecule has 0 aliphatic rings. The molecule has 4 nitrogen and oxygen atoms in total. The smallest absolute Gasteiger partial charge is 0.130 e. The van der Waals surface area contributed by atoms with Crippen molar-refractivity contribution >= 4 is 0 Å². The molecule has 0 fully saturated rings. The van der Waals surface area contributed by atoms with Crippen LogP contribution < -0.4 is 5.32 Å². The van der Waals surface area contributed by atoms with Gasteiger partial charge in [-0.05, 0) is 27.0 Å². The Morgan fingerprint density at radius 1 is 1.31 bits per heavy atom. The molecule has 1 aromatic heterocycles. The predicted octanol–water partition coefficient (Wildman–Crippen LogP) is 1.86. The molecular weight excluding hydrogens is 206 g/mol. The van der Waals surface area contributed by atoms with Crippen molar-refractivity contribution in [1.29, 1.82) is 0 Å². The van der Waals surface area contributed by atoms with E-state index in [9.17, 15) is 0 Å². The fourth-order valence-corrected chi connectivity index (χ4v) is 1.46. The van der Waals surface area contributed by atoms with Crippen LogP contribution in [0.25, 0.3) is 0 Å². The van der Waals surface area contributed by atoms with E-state index >= 15 is 0 Å². The Hall–Kier alpha value is -0.840. The van der Waals surface area contributed by atoms with Gasteiger partial charge in [0, 0.05) is 18.7 Å². The molecule has 0 saturated carbocycles. The first-order valence-corrected chi connectivity index (χ1v) is 5.66. The molecule has 1 aromatic rings. The van der Waals surface area contributed by atoms with Crippen LogP contribution in [0, 0.1) is 6.92 Å². The third-order valence-electron chi connectivity index (χ3n) is 2.26. The first-order chi connectivity index (χ1) is 7.77. The first-order valence-electron chi connectivity index (χ1n) is 5.66. The molecular formula is C12H21NO3. The summed E-state index contributed by atoms with van der Waals surface area (Å²) in [7, 11) is 1.92. The average molecular weight is 227 g/mol. The largest absolute Gasteiger partial charge is 0.464 e. The van der Waals surface area contributed by atoms with Gasteiger partial charge in [0.05, 0.1) is 13.2 Å². The molecule has 4 heteroatoms. The molecule has 1 N–H and O–H groups in total. The maximum atomic E-state index is 5.57. The summed E-state index contributed by atoms with van der Waals surface area (Å²) < 4.78 is 16.2. The summed E-state index contributed by atoms with van der Waals surface area (Å²) in [4.78, 5) is 0. The second-order valence-electron chi connectivity index (χ2n) is 3.57. The average Bonchev–Trinajstić information content (AvgIpc) is 2.60. The molecule has 0 aliphatic carbocycles. The van der Waals surface area contributed by atoms with Crippen molar-refractivity contribution in [2.24, 2.45) is 0 Å². The van der Waals surface area contributed by atoms with Gasteiger partial charge >= 0.3 is 0 Å². The zero-order valence-corrected chi connectivity index (χ0v) is 10.3. The van der Waals surface area contributed by atoms with Crippen LogP contribution in [-0.2, 0) is 22.6 Å². The maximum absolute atomic E-state index is 5.57. The van der Waals surface area contributed by atoms with Crippen LogP contribution in [0.3, 0.4) is 0 Å². The predicted molar refractivity (Wildman–Crippen MR) is 62.4 cm³/mol. The van der Waals surface area contributed by atoms with E-state index in [-0.39, 0.29) is 0 Å². The van der Waals surface area contributed by atoms with E-state index in [2.05, 4.69) is 5.32 Å². The Kier molecular flexibility index (Phi) is 6.15. The van der Waals surface area contributed by atoms with Crippen molar-refractivity contribution < 1.29 is 13.9 Å². The molecule has 16 heavy (non-hydrogen) atoms. The molecule has 0 spiro atoms. The van der Waals surface area contributed by atoms with Crippen molar-refractivity contribution in [3.05, 3.63) is 23.2 Å². The molecule has 0 saturated heterocycles. The van der Waals surface area contributed by atoms with Gasteiger partial charge in [0.2, 0.25) is 0 Å². The Morgan fingerprint density at radius 3 is 2.75 bits per heavy atom. The van der Waals surface area contributed by atoms with Crippen LogP contribution >= 0.6 is 0 Å². The lowest BCUT2D eigenvalue weighted by molar-refractivity contribution is 0.0388. The number of rotatable bonds is 8. The van der Waals surface area contributed by atoms with Gasteiger partial charge in [0.15, 0.2) is 0 Å². The summed E-state index contributed by atoms with van der Waals surface area (Å²) in [6, 6.07) is 2.03. The van der Waals surface area contributed by atoms with Crippen LogP contribution in [0.15, 0.2) is 10.5 Å². The van der Waals surface area contributed by atoms with Crippen LogP contribution in [-0.4, -0.2) is 26.9 Å². The van der Waals surface area contributed by atoms with E-state index in [1.807, 2.05) is 27.0 Å². The first kappa shape index (κ1) is 13.2. The van der Waals surface area contributed by atoms with E-state index in [1.54, 1.807) is 0 Å². The van der Waals surface area contributed by atoms with Gasteiger partial charge in [0.25, 0.3) is 0 Å². The Morgan fingerprint density at radius 2 is 2.06 bits per heavy atom. The highest BCUT2D eigenvalue weighted by Crippen LogP contribution is 2.15. The van der Waals surface area contributed by atoms with Gasteiger partial charge in [-0.2, -0.15) is 0 Å². The molecule has 0 radical (unpaired) electrons. The van der Waals surface area contributed by atoms with Gasteiger partial charge in [-0.25, -0.2) is 0 Å². The minimum atomic E-state index is 0.512. The maximum Gasteiger partial charge on any atom is 0.130 e.